The van der Waals surface area contributed by atoms with E-state index in [4.69, 9.17) is 0 Å². The molecule has 1 fully saturated rings. The van der Waals surface area contributed by atoms with Gasteiger partial charge in [-0.25, -0.2) is 9.67 Å². The maximum Gasteiger partial charge on any atom is 0.410 e. The van der Waals surface area contributed by atoms with E-state index in [-0.39, 0.29) is 24.4 Å². The van der Waals surface area contributed by atoms with Crippen LogP contribution in [0, 0.1) is 6.92 Å². The third-order valence-corrected chi connectivity index (χ3v) is 6.11. The molecule has 2 aromatic heterocycles. The van der Waals surface area contributed by atoms with E-state index in [0.29, 0.717) is 35.0 Å². The average molecular weight is 399 g/mol. The standard InChI is InChI=1S/C17H20F3N5OS/c1-9-6-13(17(18,19)20)25-14(22-9)7-11(23-25)12-4-3-5-24(12)16(26)15-10(2)21-8-27-15/h7-9,12-13,22H,3-6H2,1-2H3/t9-,12?,13-/m1/s1. The first-order valence-corrected chi connectivity index (χ1v) is 9.77. The first kappa shape index (κ1) is 18.3. The summed E-state index contributed by atoms with van der Waals surface area (Å²) in [6, 6.07) is -0.603. The van der Waals surface area contributed by atoms with Gasteiger partial charge < -0.3 is 10.2 Å². The van der Waals surface area contributed by atoms with Crippen LogP contribution in [-0.4, -0.2) is 44.3 Å². The van der Waals surface area contributed by atoms with Crippen molar-refractivity contribution in [2.75, 3.05) is 11.9 Å². The van der Waals surface area contributed by atoms with E-state index >= 15 is 0 Å². The van der Waals surface area contributed by atoms with Crippen molar-refractivity contribution < 1.29 is 18.0 Å². The third-order valence-electron chi connectivity index (χ3n) is 5.19. The molecule has 146 valence electrons. The summed E-state index contributed by atoms with van der Waals surface area (Å²) >= 11 is 1.28. The molecule has 0 radical (unpaired) electrons. The lowest BCUT2D eigenvalue weighted by Crippen LogP contribution is -2.38. The zero-order valence-electron chi connectivity index (χ0n) is 15.0. The van der Waals surface area contributed by atoms with Gasteiger partial charge in [0.25, 0.3) is 5.91 Å². The summed E-state index contributed by atoms with van der Waals surface area (Å²) in [4.78, 5) is 19.3. The molecule has 2 aliphatic heterocycles. The molecule has 0 spiro atoms. The predicted molar refractivity (Wildman–Crippen MR) is 94.9 cm³/mol. The van der Waals surface area contributed by atoms with Crippen LogP contribution in [0.15, 0.2) is 11.6 Å². The highest BCUT2D eigenvalue weighted by atomic mass is 32.1. The van der Waals surface area contributed by atoms with E-state index in [1.54, 1.807) is 30.3 Å². The average Bonchev–Trinajstić information content (AvgIpc) is 3.30. The molecular formula is C17H20F3N5OS. The van der Waals surface area contributed by atoms with Crippen LogP contribution in [0.3, 0.4) is 0 Å². The molecule has 0 aliphatic carbocycles. The summed E-state index contributed by atoms with van der Waals surface area (Å²) < 4.78 is 41.4. The monoisotopic (exact) mass is 399 g/mol. The topological polar surface area (TPSA) is 63.1 Å². The van der Waals surface area contributed by atoms with Crippen LogP contribution in [0.1, 0.15) is 59.3 Å². The summed E-state index contributed by atoms with van der Waals surface area (Å²) in [6.07, 6.45) is -2.94. The Morgan fingerprint density at radius 2 is 2.19 bits per heavy atom. The van der Waals surface area contributed by atoms with Gasteiger partial charge in [-0.15, -0.1) is 11.3 Å². The van der Waals surface area contributed by atoms with Crippen LogP contribution in [0.5, 0.6) is 0 Å². The molecule has 1 amide bonds. The Balaban J connectivity index is 1.66. The quantitative estimate of drug-likeness (QED) is 0.831. The molecule has 0 saturated carbocycles. The minimum absolute atomic E-state index is 0.0645. The molecule has 0 bridgehead atoms. The zero-order valence-corrected chi connectivity index (χ0v) is 15.8. The Hall–Kier alpha value is -2.10. The molecule has 6 nitrogen and oxygen atoms in total. The van der Waals surface area contributed by atoms with Gasteiger partial charge in [0.05, 0.1) is 22.9 Å². The number of thiazole rings is 1. The second-order valence-corrected chi connectivity index (χ2v) is 8.02. The van der Waals surface area contributed by atoms with E-state index in [1.807, 2.05) is 0 Å². The van der Waals surface area contributed by atoms with Crippen molar-refractivity contribution in [3.63, 3.8) is 0 Å². The van der Waals surface area contributed by atoms with Crippen LogP contribution in [0.4, 0.5) is 19.0 Å². The SMILES string of the molecule is Cc1ncsc1C(=O)N1CCCC1c1cc2n(n1)[C@@H](C(F)(F)F)C[C@@H](C)N2. The number of hydrogen-bond donors (Lipinski definition) is 1. The number of carbonyl (C=O) groups excluding carboxylic acids is 1. The Kier molecular flexibility index (Phi) is 4.40. The molecule has 4 rings (SSSR count). The van der Waals surface area contributed by atoms with Gasteiger partial charge in [-0.3, -0.25) is 4.79 Å². The van der Waals surface area contributed by atoms with E-state index in [0.717, 1.165) is 11.1 Å². The Morgan fingerprint density at radius 1 is 1.41 bits per heavy atom. The number of likely N-dealkylation sites (tertiary alicyclic amines) is 1. The molecule has 4 heterocycles. The number of nitrogens with zero attached hydrogens (tertiary/aromatic N) is 4. The van der Waals surface area contributed by atoms with Crippen molar-refractivity contribution in [3.8, 4) is 0 Å². The highest BCUT2D eigenvalue weighted by molar-refractivity contribution is 7.11. The number of nitrogens with one attached hydrogen (secondary N) is 1. The van der Waals surface area contributed by atoms with Crippen molar-refractivity contribution in [1.29, 1.82) is 0 Å². The summed E-state index contributed by atoms with van der Waals surface area (Å²) in [5.41, 5.74) is 2.81. The summed E-state index contributed by atoms with van der Waals surface area (Å²) in [5, 5.41) is 7.36. The van der Waals surface area contributed by atoms with Gasteiger partial charge in [0.15, 0.2) is 6.04 Å². The van der Waals surface area contributed by atoms with Crippen molar-refractivity contribution in [2.45, 2.75) is 57.4 Å². The van der Waals surface area contributed by atoms with E-state index in [1.165, 1.54) is 11.3 Å². The Labute approximate surface area is 158 Å². The van der Waals surface area contributed by atoms with Gasteiger partial charge in [-0.2, -0.15) is 18.3 Å². The van der Waals surface area contributed by atoms with Crippen LogP contribution in [0.2, 0.25) is 0 Å². The number of rotatable bonds is 2. The van der Waals surface area contributed by atoms with E-state index in [9.17, 15) is 18.0 Å². The molecule has 2 aromatic rings. The lowest BCUT2D eigenvalue weighted by molar-refractivity contribution is -0.173. The summed E-state index contributed by atoms with van der Waals surface area (Å²) in [6.45, 7) is 4.08. The molecule has 27 heavy (non-hydrogen) atoms. The Bertz CT molecular complexity index is 861. The van der Waals surface area contributed by atoms with E-state index in [2.05, 4.69) is 15.4 Å². The normalized spacial score (nSPS) is 25.4. The fourth-order valence-corrected chi connectivity index (χ4v) is 4.65. The van der Waals surface area contributed by atoms with Gasteiger partial charge >= 0.3 is 6.18 Å². The number of anilines is 1. The highest BCUT2D eigenvalue weighted by Crippen LogP contribution is 2.41. The van der Waals surface area contributed by atoms with Crippen molar-refractivity contribution >= 4 is 23.1 Å². The minimum atomic E-state index is -4.36. The van der Waals surface area contributed by atoms with Gasteiger partial charge in [0.2, 0.25) is 0 Å². The molecule has 3 atom stereocenters. The number of aryl methyl sites for hydroxylation is 1. The lowest BCUT2D eigenvalue weighted by Gasteiger charge is -2.31. The summed E-state index contributed by atoms with van der Waals surface area (Å²) in [7, 11) is 0. The molecule has 1 N–H and O–H groups in total. The third kappa shape index (κ3) is 3.19. The van der Waals surface area contributed by atoms with Gasteiger partial charge in [-0.1, -0.05) is 0 Å². The second kappa shape index (κ2) is 6.50. The molecule has 1 unspecified atom stereocenters. The Morgan fingerprint density at radius 3 is 2.85 bits per heavy atom. The van der Waals surface area contributed by atoms with E-state index < -0.39 is 12.2 Å². The van der Waals surface area contributed by atoms with Crippen LogP contribution in [-0.2, 0) is 0 Å². The first-order chi connectivity index (χ1) is 12.8. The number of alkyl halides is 3. The molecule has 1 saturated heterocycles. The number of aromatic nitrogens is 3. The molecule has 10 heteroatoms. The van der Waals surface area contributed by atoms with Gasteiger partial charge in [0.1, 0.15) is 10.7 Å². The first-order valence-electron chi connectivity index (χ1n) is 8.89. The lowest BCUT2D eigenvalue weighted by atomic mass is 10.1. The molecular weight excluding hydrogens is 379 g/mol. The fourth-order valence-electron chi connectivity index (χ4n) is 3.89. The maximum atomic E-state index is 13.5. The molecule has 0 aromatic carbocycles. The van der Waals surface area contributed by atoms with Crippen LogP contribution < -0.4 is 5.32 Å². The van der Waals surface area contributed by atoms with Crippen molar-refractivity contribution in [2.24, 2.45) is 0 Å². The number of fused-ring (bicyclic) bond motifs is 1. The zero-order chi connectivity index (χ0) is 19.3. The van der Waals surface area contributed by atoms with Crippen LogP contribution in [0.25, 0.3) is 0 Å². The minimum Gasteiger partial charge on any atom is -0.368 e. The van der Waals surface area contributed by atoms with Crippen LogP contribution >= 0.6 is 11.3 Å². The predicted octanol–water partition coefficient (Wildman–Crippen LogP) is 3.93. The molecule has 2 aliphatic rings. The number of carbonyl (C=O) groups is 1. The number of halogens is 3. The number of amides is 1. The van der Waals surface area contributed by atoms with Gasteiger partial charge in [0, 0.05) is 18.7 Å². The number of hydrogen-bond acceptors (Lipinski definition) is 5. The largest absolute Gasteiger partial charge is 0.410 e. The van der Waals surface area contributed by atoms with Crippen molar-refractivity contribution in [1.82, 2.24) is 19.7 Å². The van der Waals surface area contributed by atoms with Gasteiger partial charge in [-0.05, 0) is 33.1 Å². The van der Waals surface area contributed by atoms with Crippen molar-refractivity contribution in [3.05, 3.63) is 27.8 Å². The smallest absolute Gasteiger partial charge is 0.368 e. The maximum absolute atomic E-state index is 13.5. The fraction of sp³-hybridized carbons (Fsp3) is 0.588. The second-order valence-electron chi connectivity index (χ2n) is 7.16. The summed E-state index contributed by atoms with van der Waals surface area (Å²) in [5.74, 6) is 0.233. The highest BCUT2D eigenvalue weighted by Gasteiger charge is 2.46.